The van der Waals surface area contributed by atoms with E-state index < -0.39 is 5.54 Å². The van der Waals surface area contributed by atoms with Crippen LogP contribution in [0.2, 0.25) is 0 Å². The SMILES string of the molecule is CCNC(C)(Cn1cnc2ccccc21)C(N)=O. The van der Waals surface area contributed by atoms with E-state index in [0.29, 0.717) is 13.1 Å². The number of primary amides is 1. The van der Waals surface area contributed by atoms with E-state index in [9.17, 15) is 4.79 Å². The van der Waals surface area contributed by atoms with Crippen molar-refractivity contribution in [2.75, 3.05) is 6.54 Å². The molecule has 18 heavy (non-hydrogen) atoms. The average Bonchev–Trinajstić information content (AvgIpc) is 2.73. The van der Waals surface area contributed by atoms with Crippen molar-refractivity contribution in [1.82, 2.24) is 14.9 Å². The number of aromatic nitrogens is 2. The van der Waals surface area contributed by atoms with Crippen LogP contribution in [0.25, 0.3) is 11.0 Å². The third-order valence-corrected chi connectivity index (χ3v) is 3.12. The molecule has 2 rings (SSSR count). The number of nitrogens with one attached hydrogen (secondary N) is 1. The molecule has 5 nitrogen and oxygen atoms in total. The first kappa shape index (κ1) is 12.6. The Kier molecular flexibility index (Phi) is 3.34. The van der Waals surface area contributed by atoms with Gasteiger partial charge in [-0.25, -0.2) is 4.98 Å². The van der Waals surface area contributed by atoms with E-state index in [0.717, 1.165) is 11.0 Å². The van der Waals surface area contributed by atoms with Gasteiger partial charge in [-0.2, -0.15) is 0 Å². The first-order valence-electron chi connectivity index (χ1n) is 6.01. The number of imidazole rings is 1. The zero-order valence-corrected chi connectivity index (χ0v) is 10.7. The van der Waals surface area contributed by atoms with E-state index in [1.807, 2.05) is 42.7 Å². The highest BCUT2D eigenvalue weighted by Crippen LogP contribution is 2.15. The van der Waals surface area contributed by atoms with Gasteiger partial charge in [0.05, 0.1) is 23.9 Å². The van der Waals surface area contributed by atoms with Gasteiger partial charge in [-0.1, -0.05) is 19.1 Å². The Balaban J connectivity index is 2.34. The first-order chi connectivity index (χ1) is 8.57. The van der Waals surface area contributed by atoms with E-state index in [4.69, 9.17) is 5.73 Å². The molecule has 2 aromatic rings. The Hall–Kier alpha value is -1.88. The smallest absolute Gasteiger partial charge is 0.239 e. The number of carbonyl (C=O) groups is 1. The zero-order chi connectivity index (χ0) is 13.2. The van der Waals surface area contributed by atoms with Crippen molar-refractivity contribution in [2.45, 2.75) is 25.9 Å². The lowest BCUT2D eigenvalue weighted by molar-refractivity contribution is -0.124. The molecule has 0 bridgehead atoms. The fraction of sp³-hybridized carbons (Fsp3) is 0.385. The van der Waals surface area contributed by atoms with Crippen molar-refractivity contribution in [3.05, 3.63) is 30.6 Å². The lowest BCUT2D eigenvalue weighted by Gasteiger charge is -2.27. The van der Waals surface area contributed by atoms with Crippen molar-refractivity contribution >= 4 is 16.9 Å². The number of nitrogens with two attached hydrogens (primary N) is 1. The molecular weight excluding hydrogens is 228 g/mol. The molecule has 0 spiro atoms. The van der Waals surface area contributed by atoms with Crippen LogP contribution in [-0.2, 0) is 11.3 Å². The minimum absolute atomic E-state index is 0.359. The molecule has 0 aliphatic rings. The molecule has 96 valence electrons. The normalized spacial score (nSPS) is 14.6. The fourth-order valence-electron chi connectivity index (χ4n) is 2.09. The highest BCUT2D eigenvalue weighted by molar-refractivity contribution is 5.84. The summed E-state index contributed by atoms with van der Waals surface area (Å²) in [7, 11) is 0. The number of hydrogen-bond acceptors (Lipinski definition) is 3. The van der Waals surface area contributed by atoms with E-state index >= 15 is 0 Å². The second kappa shape index (κ2) is 4.78. The van der Waals surface area contributed by atoms with Gasteiger partial charge in [0, 0.05) is 0 Å². The Bertz CT molecular complexity index is 563. The molecule has 0 radical (unpaired) electrons. The first-order valence-corrected chi connectivity index (χ1v) is 6.01. The second-order valence-electron chi connectivity index (χ2n) is 4.59. The molecule has 0 saturated heterocycles. The minimum Gasteiger partial charge on any atom is -0.368 e. The lowest BCUT2D eigenvalue weighted by atomic mass is 10.0. The van der Waals surface area contributed by atoms with Crippen LogP contribution in [0.3, 0.4) is 0 Å². The summed E-state index contributed by atoms with van der Waals surface area (Å²) in [5.74, 6) is -0.359. The van der Waals surface area contributed by atoms with Crippen molar-refractivity contribution in [3.63, 3.8) is 0 Å². The number of hydrogen-bond donors (Lipinski definition) is 2. The van der Waals surface area contributed by atoms with Crippen molar-refractivity contribution < 1.29 is 4.79 Å². The van der Waals surface area contributed by atoms with E-state index in [1.165, 1.54) is 0 Å². The minimum atomic E-state index is -0.766. The number of rotatable bonds is 5. The number of nitrogens with zero attached hydrogens (tertiary/aromatic N) is 2. The van der Waals surface area contributed by atoms with E-state index in [1.54, 1.807) is 6.33 Å². The maximum Gasteiger partial charge on any atom is 0.239 e. The van der Waals surface area contributed by atoms with Crippen LogP contribution in [0.4, 0.5) is 0 Å². The molecule has 1 unspecified atom stereocenters. The maximum atomic E-state index is 11.6. The number of fused-ring (bicyclic) bond motifs is 1. The molecule has 1 aromatic carbocycles. The molecule has 1 heterocycles. The van der Waals surface area contributed by atoms with Gasteiger partial charge in [-0.05, 0) is 25.6 Å². The Morgan fingerprint density at radius 1 is 1.50 bits per heavy atom. The predicted octanol–water partition coefficient (Wildman–Crippen LogP) is 0.890. The summed E-state index contributed by atoms with van der Waals surface area (Å²) in [5, 5.41) is 3.14. The largest absolute Gasteiger partial charge is 0.368 e. The topological polar surface area (TPSA) is 72.9 Å². The molecule has 0 aliphatic carbocycles. The van der Waals surface area contributed by atoms with Crippen LogP contribution >= 0.6 is 0 Å². The van der Waals surface area contributed by atoms with Gasteiger partial charge in [0.25, 0.3) is 0 Å². The number of amides is 1. The number of carbonyl (C=O) groups excluding carboxylic acids is 1. The molecule has 5 heteroatoms. The molecule has 3 N–H and O–H groups in total. The Morgan fingerprint density at radius 2 is 2.22 bits per heavy atom. The predicted molar refractivity (Wildman–Crippen MR) is 71.0 cm³/mol. The summed E-state index contributed by atoms with van der Waals surface area (Å²) < 4.78 is 1.95. The van der Waals surface area contributed by atoms with Crippen LogP contribution in [0, 0.1) is 0 Å². The molecule has 0 aliphatic heterocycles. The standard InChI is InChI=1S/C13H18N4O/c1-3-16-13(2,12(14)18)8-17-9-15-10-6-4-5-7-11(10)17/h4-7,9,16H,3,8H2,1-2H3,(H2,14,18). The van der Waals surface area contributed by atoms with Crippen molar-refractivity contribution in [1.29, 1.82) is 0 Å². The highest BCUT2D eigenvalue weighted by atomic mass is 16.1. The van der Waals surface area contributed by atoms with Crippen LogP contribution in [-0.4, -0.2) is 27.5 Å². The average molecular weight is 246 g/mol. The number of para-hydroxylation sites is 2. The molecule has 1 atom stereocenters. The Labute approximate surface area is 106 Å². The molecule has 0 fully saturated rings. The van der Waals surface area contributed by atoms with Gasteiger partial charge in [-0.3, -0.25) is 4.79 Å². The monoisotopic (exact) mass is 246 g/mol. The van der Waals surface area contributed by atoms with Crippen LogP contribution in [0.5, 0.6) is 0 Å². The van der Waals surface area contributed by atoms with Crippen molar-refractivity contribution in [3.8, 4) is 0 Å². The summed E-state index contributed by atoms with van der Waals surface area (Å²) in [5.41, 5.74) is 6.64. The summed E-state index contributed by atoms with van der Waals surface area (Å²) in [6, 6.07) is 7.82. The summed E-state index contributed by atoms with van der Waals surface area (Å²) in [6.45, 7) is 4.92. The van der Waals surface area contributed by atoms with Gasteiger partial charge >= 0.3 is 0 Å². The number of likely N-dealkylation sites (N-methyl/N-ethyl adjacent to an activating group) is 1. The maximum absolute atomic E-state index is 11.6. The van der Waals surface area contributed by atoms with Crippen LogP contribution in [0.1, 0.15) is 13.8 Å². The van der Waals surface area contributed by atoms with Gasteiger partial charge in [0.1, 0.15) is 5.54 Å². The Morgan fingerprint density at radius 3 is 2.89 bits per heavy atom. The molecule has 1 aromatic heterocycles. The second-order valence-corrected chi connectivity index (χ2v) is 4.59. The van der Waals surface area contributed by atoms with Crippen LogP contribution in [0.15, 0.2) is 30.6 Å². The van der Waals surface area contributed by atoms with Gasteiger partial charge in [-0.15, -0.1) is 0 Å². The molecule has 1 amide bonds. The zero-order valence-electron chi connectivity index (χ0n) is 10.7. The van der Waals surface area contributed by atoms with Gasteiger partial charge < -0.3 is 15.6 Å². The molecule has 0 saturated carbocycles. The van der Waals surface area contributed by atoms with Gasteiger partial charge in [0.15, 0.2) is 0 Å². The quantitative estimate of drug-likeness (QED) is 0.823. The van der Waals surface area contributed by atoms with E-state index in [-0.39, 0.29) is 5.91 Å². The summed E-state index contributed by atoms with van der Waals surface area (Å²) in [4.78, 5) is 15.9. The fourth-order valence-corrected chi connectivity index (χ4v) is 2.09. The molecular formula is C13H18N4O. The summed E-state index contributed by atoms with van der Waals surface area (Å²) in [6.07, 6.45) is 1.74. The van der Waals surface area contributed by atoms with Gasteiger partial charge in [0.2, 0.25) is 5.91 Å². The number of benzene rings is 1. The third kappa shape index (κ3) is 2.22. The van der Waals surface area contributed by atoms with Crippen LogP contribution < -0.4 is 11.1 Å². The lowest BCUT2D eigenvalue weighted by Crippen LogP contribution is -2.55. The summed E-state index contributed by atoms with van der Waals surface area (Å²) >= 11 is 0. The highest BCUT2D eigenvalue weighted by Gasteiger charge is 2.30. The third-order valence-electron chi connectivity index (χ3n) is 3.12. The van der Waals surface area contributed by atoms with Crippen molar-refractivity contribution in [2.24, 2.45) is 5.73 Å². The van der Waals surface area contributed by atoms with E-state index in [2.05, 4.69) is 10.3 Å².